The molecule has 0 aliphatic heterocycles. The van der Waals surface area contributed by atoms with Crippen molar-refractivity contribution in [2.24, 2.45) is 5.92 Å². The molecule has 5 nitrogen and oxygen atoms in total. The highest BCUT2D eigenvalue weighted by Gasteiger charge is 2.10. The minimum atomic E-state index is -0.348. The van der Waals surface area contributed by atoms with Crippen LogP contribution in [0.2, 0.25) is 0 Å². The minimum absolute atomic E-state index is 0.138. The van der Waals surface area contributed by atoms with E-state index < -0.39 is 0 Å². The van der Waals surface area contributed by atoms with Crippen molar-refractivity contribution in [3.8, 4) is 0 Å². The molecule has 2 N–H and O–H groups in total. The SMILES string of the molecule is CCCOC(=O)c1ccc(NC(=S)NC(=O)C(C)C)cc1. The Morgan fingerprint density at radius 2 is 1.86 bits per heavy atom. The number of amides is 1. The third-order valence-electron chi connectivity index (χ3n) is 2.58. The Balaban J connectivity index is 2.56. The number of hydrogen-bond donors (Lipinski definition) is 2. The van der Waals surface area contributed by atoms with Crippen molar-refractivity contribution >= 4 is 34.9 Å². The van der Waals surface area contributed by atoms with Crippen molar-refractivity contribution in [2.75, 3.05) is 11.9 Å². The van der Waals surface area contributed by atoms with Crippen LogP contribution in [0.1, 0.15) is 37.6 Å². The predicted octanol–water partition coefficient (Wildman–Crippen LogP) is 2.72. The number of thiocarbonyl (C=S) groups is 1. The number of rotatable bonds is 5. The van der Waals surface area contributed by atoms with Crippen molar-refractivity contribution in [1.29, 1.82) is 0 Å². The van der Waals surface area contributed by atoms with Crippen molar-refractivity contribution in [2.45, 2.75) is 27.2 Å². The first-order valence-corrected chi connectivity index (χ1v) is 7.24. The zero-order valence-electron chi connectivity index (χ0n) is 12.4. The molecule has 0 aliphatic carbocycles. The number of hydrogen-bond acceptors (Lipinski definition) is 4. The Labute approximate surface area is 130 Å². The Kier molecular flexibility index (Phi) is 6.81. The number of nitrogens with one attached hydrogen (secondary N) is 2. The molecular weight excluding hydrogens is 288 g/mol. The van der Waals surface area contributed by atoms with Gasteiger partial charge in [-0.1, -0.05) is 20.8 Å². The van der Waals surface area contributed by atoms with Gasteiger partial charge in [0.25, 0.3) is 0 Å². The zero-order valence-corrected chi connectivity index (χ0v) is 13.3. The summed E-state index contributed by atoms with van der Waals surface area (Å²) in [5, 5.41) is 5.70. The number of carbonyl (C=O) groups is 2. The molecule has 1 amide bonds. The number of esters is 1. The summed E-state index contributed by atoms with van der Waals surface area (Å²) in [5.74, 6) is -0.633. The van der Waals surface area contributed by atoms with Gasteiger partial charge in [0.1, 0.15) is 0 Å². The lowest BCUT2D eigenvalue weighted by atomic mass is 10.2. The maximum Gasteiger partial charge on any atom is 0.338 e. The minimum Gasteiger partial charge on any atom is -0.462 e. The normalized spacial score (nSPS) is 10.1. The Hall–Kier alpha value is -1.95. The molecule has 0 saturated heterocycles. The molecule has 1 aromatic carbocycles. The molecule has 1 aromatic rings. The second-order valence-corrected chi connectivity index (χ2v) is 5.22. The van der Waals surface area contributed by atoms with Crippen LogP contribution in [0.15, 0.2) is 24.3 Å². The lowest BCUT2D eigenvalue weighted by molar-refractivity contribution is -0.122. The quantitative estimate of drug-likeness (QED) is 0.646. The number of ether oxygens (including phenoxy) is 1. The highest BCUT2D eigenvalue weighted by molar-refractivity contribution is 7.80. The predicted molar refractivity (Wildman–Crippen MR) is 86.2 cm³/mol. The van der Waals surface area contributed by atoms with Crippen LogP contribution in [0.3, 0.4) is 0 Å². The molecule has 114 valence electrons. The molecule has 0 spiro atoms. The highest BCUT2D eigenvalue weighted by atomic mass is 32.1. The van der Waals surface area contributed by atoms with Crippen LogP contribution >= 0.6 is 12.2 Å². The summed E-state index contributed by atoms with van der Waals surface area (Å²) in [7, 11) is 0. The van der Waals surface area contributed by atoms with Crippen molar-refractivity contribution < 1.29 is 14.3 Å². The molecule has 0 aliphatic rings. The van der Waals surface area contributed by atoms with E-state index in [4.69, 9.17) is 17.0 Å². The number of carbonyl (C=O) groups excluding carboxylic acids is 2. The van der Waals surface area contributed by atoms with E-state index in [2.05, 4.69) is 10.6 Å². The maximum absolute atomic E-state index is 11.6. The van der Waals surface area contributed by atoms with Crippen LogP contribution < -0.4 is 10.6 Å². The third-order valence-corrected chi connectivity index (χ3v) is 2.78. The first-order valence-electron chi connectivity index (χ1n) is 6.83. The van der Waals surface area contributed by atoms with E-state index in [0.717, 1.165) is 6.42 Å². The molecule has 6 heteroatoms. The fourth-order valence-corrected chi connectivity index (χ4v) is 1.60. The number of benzene rings is 1. The van der Waals surface area contributed by atoms with Crippen molar-refractivity contribution in [1.82, 2.24) is 5.32 Å². The van der Waals surface area contributed by atoms with Gasteiger partial charge in [0, 0.05) is 11.6 Å². The van der Waals surface area contributed by atoms with Gasteiger partial charge in [0.2, 0.25) is 5.91 Å². The largest absolute Gasteiger partial charge is 0.462 e. The highest BCUT2D eigenvalue weighted by Crippen LogP contribution is 2.10. The van der Waals surface area contributed by atoms with Gasteiger partial charge in [0.15, 0.2) is 5.11 Å². The molecular formula is C15H20N2O3S. The molecule has 0 atom stereocenters. The third kappa shape index (κ3) is 5.91. The van der Waals surface area contributed by atoms with E-state index in [1.54, 1.807) is 38.1 Å². The lowest BCUT2D eigenvalue weighted by Gasteiger charge is -2.11. The monoisotopic (exact) mass is 308 g/mol. The van der Waals surface area contributed by atoms with Gasteiger partial charge in [-0.25, -0.2) is 4.79 Å². The molecule has 0 bridgehead atoms. The second kappa shape index (κ2) is 8.36. The number of anilines is 1. The van der Waals surface area contributed by atoms with Crippen LogP contribution in [0.5, 0.6) is 0 Å². The van der Waals surface area contributed by atoms with E-state index >= 15 is 0 Å². The van der Waals surface area contributed by atoms with Gasteiger partial charge in [0.05, 0.1) is 12.2 Å². The summed E-state index contributed by atoms with van der Waals surface area (Å²) < 4.78 is 5.04. The standard InChI is InChI=1S/C15H20N2O3S/c1-4-9-20-14(19)11-5-7-12(8-6-11)16-15(21)17-13(18)10(2)3/h5-8,10H,4,9H2,1-3H3,(H2,16,17,18,21). The summed E-state index contributed by atoms with van der Waals surface area (Å²) in [6.07, 6.45) is 0.787. The lowest BCUT2D eigenvalue weighted by Crippen LogP contribution is -2.36. The average Bonchev–Trinajstić information content (AvgIpc) is 2.45. The molecule has 0 aromatic heterocycles. The summed E-state index contributed by atoms with van der Waals surface area (Å²) in [6, 6.07) is 6.70. The topological polar surface area (TPSA) is 67.4 Å². The molecule has 0 heterocycles. The van der Waals surface area contributed by atoms with Crippen LogP contribution in [-0.4, -0.2) is 23.6 Å². The molecule has 0 fully saturated rings. The summed E-state index contributed by atoms with van der Waals surface area (Å²) >= 11 is 5.04. The summed E-state index contributed by atoms with van der Waals surface area (Å²) in [4.78, 5) is 23.1. The summed E-state index contributed by atoms with van der Waals surface area (Å²) in [5.41, 5.74) is 1.17. The van der Waals surface area contributed by atoms with E-state index in [0.29, 0.717) is 17.9 Å². The summed E-state index contributed by atoms with van der Waals surface area (Å²) in [6.45, 7) is 5.92. The van der Waals surface area contributed by atoms with Gasteiger partial charge in [-0.15, -0.1) is 0 Å². The average molecular weight is 308 g/mol. The molecule has 1 rings (SSSR count). The van der Waals surface area contributed by atoms with E-state index in [9.17, 15) is 9.59 Å². The van der Waals surface area contributed by atoms with Crippen LogP contribution in [0.4, 0.5) is 5.69 Å². The zero-order chi connectivity index (χ0) is 15.8. The van der Waals surface area contributed by atoms with Crippen LogP contribution in [0, 0.1) is 5.92 Å². The van der Waals surface area contributed by atoms with E-state index in [-0.39, 0.29) is 22.9 Å². The van der Waals surface area contributed by atoms with Gasteiger partial charge < -0.3 is 15.4 Å². The van der Waals surface area contributed by atoms with E-state index in [1.807, 2.05) is 6.92 Å². The Morgan fingerprint density at radius 3 is 2.38 bits per heavy atom. The van der Waals surface area contributed by atoms with Crippen molar-refractivity contribution in [3.63, 3.8) is 0 Å². The van der Waals surface area contributed by atoms with Gasteiger partial charge in [-0.05, 0) is 42.9 Å². The molecule has 0 saturated carbocycles. The van der Waals surface area contributed by atoms with Gasteiger partial charge in [-0.3, -0.25) is 4.79 Å². The Morgan fingerprint density at radius 1 is 1.24 bits per heavy atom. The Bertz CT molecular complexity index is 512. The second-order valence-electron chi connectivity index (χ2n) is 4.81. The molecule has 0 radical (unpaired) electrons. The smallest absolute Gasteiger partial charge is 0.338 e. The van der Waals surface area contributed by atoms with E-state index in [1.165, 1.54) is 0 Å². The fraction of sp³-hybridized carbons (Fsp3) is 0.400. The first kappa shape index (κ1) is 17.1. The van der Waals surface area contributed by atoms with Gasteiger partial charge >= 0.3 is 5.97 Å². The fourth-order valence-electron chi connectivity index (χ4n) is 1.39. The first-order chi connectivity index (χ1) is 9.93. The van der Waals surface area contributed by atoms with Crippen LogP contribution in [-0.2, 0) is 9.53 Å². The van der Waals surface area contributed by atoms with Gasteiger partial charge in [-0.2, -0.15) is 0 Å². The van der Waals surface area contributed by atoms with Crippen LogP contribution in [0.25, 0.3) is 0 Å². The molecule has 0 unspecified atom stereocenters. The van der Waals surface area contributed by atoms with Crippen molar-refractivity contribution in [3.05, 3.63) is 29.8 Å². The maximum atomic E-state index is 11.6. The molecule has 21 heavy (non-hydrogen) atoms.